The quantitative estimate of drug-likeness (QED) is 0.877. The number of benzene rings is 1. The summed E-state index contributed by atoms with van der Waals surface area (Å²) in [5.41, 5.74) is 0.834. The lowest BCUT2D eigenvalue weighted by molar-refractivity contribution is -0.156. The summed E-state index contributed by atoms with van der Waals surface area (Å²) in [7, 11) is 0. The topological polar surface area (TPSA) is 74.6 Å². The third-order valence-electron chi connectivity index (χ3n) is 4.27. The molecule has 0 spiro atoms. The van der Waals surface area contributed by atoms with Crippen LogP contribution in [0, 0.1) is 11.8 Å². The maximum absolute atomic E-state index is 11.3. The second-order valence-corrected chi connectivity index (χ2v) is 5.56. The van der Waals surface area contributed by atoms with Gasteiger partial charge in [-0.15, -0.1) is 0 Å². The van der Waals surface area contributed by atoms with Gasteiger partial charge in [0.15, 0.2) is 0 Å². The molecule has 3 unspecified atom stereocenters. The minimum atomic E-state index is -1.01. The monoisotopic (exact) mass is 262 g/mol. The highest BCUT2D eigenvalue weighted by Gasteiger charge is 2.44. The molecule has 19 heavy (non-hydrogen) atoms. The summed E-state index contributed by atoms with van der Waals surface area (Å²) in [6.45, 7) is 2.02. The molecular weight excluding hydrogens is 244 g/mol. The normalized spacial score (nSPS) is 30.8. The van der Waals surface area contributed by atoms with Crippen molar-refractivity contribution in [1.82, 2.24) is 0 Å². The Morgan fingerprint density at radius 3 is 2.21 bits per heavy atom. The molecule has 4 nitrogen and oxygen atoms in total. The summed E-state index contributed by atoms with van der Waals surface area (Å²) < 4.78 is 0. The summed E-state index contributed by atoms with van der Waals surface area (Å²) in [5, 5.41) is 18.4. The van der Waals surface area contributed by atoms with Gasteiger partial charge in [0.05, 0.1) is 11.8 Å². The predicted molar refractivity (Wildman–Crippen MR) is 69.9 cm³/mol. The Balaban J connectivity index is 2.28. The van der Waals surface area contributed by atoms with E-state index in [2.05, 4.69) is 0 Å². The van der Waals surface area contributed by atoms with Crippen molar-refractivity contribution in [3.8, 4) is 0 Å². The second-order valence-electron chi connectivity index (χ2n) is 5.56. The van der Waals surface area contributed by atoms with Crippen LogP contribution >= 0.6 is 0 Å². The van der Waals surface area contributed by atoms with E-state index in [4.69, 9.17) is 5.11 Å². The molecule has 0 heterocycles. The largest absolute Gasteiger partial charge is 0.481 e. The van der Waals surface area contributed by atoms with Crippen molar-refractivity contribution in [2.45, 2.75) is 31.6 Å². The van der Waals surface area contributed by atoms with Crippen LogP contribution in [0.3, 0.4) is 0 Å². The molecule has 0 saturated heterocycles. The van der Waals surface area contributed by atoms with Gasteiger partial charge < -0.3 is 10.2 Å². The first-order valence-corrected chi connectivity index (χ1v) is 6.45. The summed E-state index contributed by atoms with van der Waals surface area (Å²) in [4.78, 5) is 22.5. The maximum atomic E-state index is 11.3. The van der Waals surface area contributed by atoms with Gasteiger partial charge >= 0.3 is 11.9 Å². The average molecular weight is 262 g/mol. The van der Waals surface area contributed by atoms with E-state index in [1.807, 2.05) is 37.3 Å². The summed E-state index contributed by atoms with van der Waals surface area (Å²) in [5.74, 6) is -3.58. The van der Waals surface area contributed by atoms with Gasteiger partial charge in [0, 0.05) is 0 Å². The van der Waals surface area contributed by atoms with E-state index in [9.17, 15) is 14.7 Å². The lowest BCUT2D eigenvalue weighted by atomic mass is 9.63. The average Bonchev–Trinajstić information content (AvgIpc) is 2.39. The number of hydrogen-bond donors (Lipinski definition) is 2. The molecular formula is C15H18O4. The molecule has 1 fully saturated rings. The highest BCUT2D eigenvalue weighted by atomic mass is 16.4. The smallest absolute Gasteiger partial charge is 0.307 e. The van der Waals surface area contributed by atoms with Crippen LogP contribution in [0.1, 0.15) is 31.7 Å². The zero-order valence-corrected chi connectivity index (χ0v) is 10.9. The van der Waals surface area contributed by atoms with Crippen molar-refractivity contribution in [1.29, 1.82) is 0 Å². The van der Waals surface area contributed by atoms with Crippen LogP contribution in [0.2, 0.25) is 0 Å². The Labute approximate surface area is 112 Å². The number of carboxylic acid groups (broad SMARTS) is 2. The number of carboxylic acids is 2. The van der Waals surface area contributed by atoms with E-state index in [1.165, 1.54) is 0 Å². The first-order valence-electron chi connectivity index (χ1n) is 6.45. The molecule has 4 heteroatoms. The van der Waals surface area contributed by atoms with Gasteiger partial charge in [-0.3, -0.25) is 9.59 Å². The zero-order chi connectivity index (χ0) is 14.0. The van der Waals surface area contributed by atoms with Crippen LogP contribution in [0.15, 0.2) is 30.3 Å². The Kier molecular flexibility index (Phi) is 3.60. The fraction of sp³-hybridized carbons (Fsp3) is 0.467. The van der Waals surface area contributed by atoms with Crippen LogP contribution in [0.25, 0.3) is 0 Å². The molecule has 1 aromatic carbocycles. The Morgan fingerprint density at radius 1 is 1.11 bits per heavy atom. The molecule has 1 aliphatic carbocycles. The van der Waals surface area contributed by atoms with E-state index >= 15 is 0 Å². The molecule has 1 aliphatic rings. The lowest BCUT2D eigenvalue weighted by Crippen LogP contribution is -2.41. The van der Waals surface area contributed by atoms with Crippen molar-refractivity contribution in [3.05, 3.63) is 35.9 Å². The van der Waals surface area contributed by atoms with Crippen molar-refractivity contribution >= 4 is 11.9 Å². The fourth-order valence-corrected chi connectivity index (χ4v) is 3.06. The number of rotatable bonds is 3. The molecule has 0 bridgehead atoms. The van der Waals surface area contributed by atoms with E-state index in [-0.39, 0.29) is 5.41 Å². The van der Waals surface area contributed by atoms with Gasteiger partial charge in [0.25, 0.3) is 0 Å². The molecule has 3 atom stereocenters. The number of aliphatic carboxylic acids is 2. The molecule has 0 aliphatic heterocycles. The van der Waals surface area contributed by atoms with E-state index in [0.29, 0.717) is 19.3 Å². The van der Waals surface area contributed by atoms with Crippen LogP contribution in [0.5, 0.6) is 0 Å². The summed E-state index contributed by atoms with van der Waals surface area (Å²) in [6, 6.07) is 9.75. The number of carbonyl (C=O) groups is 2. The molecule has 0 amide bonds. The second kappa shape index (κ2) is 5.03. The van der Waals surface area contributed by atoms with Gasteiger partial charge in [-0.2, -0.15) is 0 Å². The van der Waals surface area contributed by atoms with Crippen molar-refractivity contribution < 1.29 is 19.8 Å². The summed E-state index contributed by atoms with van der Waals surface area (Å²) >= 11 is 0. The fourth-order valence-electron chi connectivity index (χ4n) is 3.06. The third kappa shape index (κ3) is 2.62. The van der Waals surface area contributed by atoms with E-state index in [0.717, 1.165) is 5.56 Å². The zero-order valence-electron chi connectivity index (χ0n) is 10.9. The van der Waals surface area contributed by atoms with Crippen LogP contribution in [0.4, 0.5) is 0 Å². The third-order valence-corrected chi connectivity index (χ3v) is 4.27. The molecule has 1 aromatic rings. The van der Waals surface area contributed by atoms with Gasteiger partial charge in [-0.1, -0.05) is 37.3 Å². The Morgan fingerprint density at radius 2 is 1.68 bits per heavy atom. The Hall–Kier alpha value is -1.84. The van der Waals surface area contributed by atoms with E-state index in [1.54, 1.807) is 0 Å². The molecule has 2 N–H and O–H groups in total. The minimum Gasteiger partial charge on any atom is -0.481 e. The SMILES string of the molecule is CC1(c2ccccc2)CCC(C(=O)O)C(C(=O)O)C1. The lowest BCUT2D eigenvalue weighted by Gasteiger charge is -2.40. The first-order chi connectivity index (χ1) is 8.94. The predicted octanol–water partition coefficient (Wildman–Crippen LogP) is 2.53. The van der Waals surface area contributed by atoms with Crippen molar-refractivity contribution in [2.75, 3.05) is 0 Å². The highest BCUT2D eigenvalue weighted by Crippen LogP contribution is 2.44. The van der Waals surface area contributed by atoms with Crippen molar-refractivity contribution in [3.63, 3.8) is 0 Å². The molecule has 0 radical (unpaired) electrons. The van der Waals surface area contributed by atoms with Gasteiger partial charge in [-0.05, 0) is 30.2 Å². The summed E-state index contributed by atoms with van der Waals surface area (Å²) in [6.07, 6.45) is 1.50. The van der Waals surface area contributed by atoms with Gasteiger partial charge in [-0.25, -0.2) is 0 Å². The van der Waals surface area contributed by atoms with Crippen LogP contribution in [-0.2, 0) is 15.0 Å². The van der Waals surface area contributed by atoms with Crippen molar-refractivity contribution in [2.24, 2.45) is 11.8 Å². The molecule has 2 rings (SSSR count). The van der Waals surface area contributed by atoms with Gasteiger partial charge in [0.2, 0.25) is 0 Å². The highest BCUT2D eigenvalue weighted by molar-refractivity contribution is 5.80. The standard InChI is InChI=1S/C15H18O4/c1-15(10-5-3-2-4-6-10)8-7-11(13(16)17)12(9-15)14(18)19/h2-6,11-12H,7-9H2,1H3,(H,16,17)(H,18,19). The molecule has 1 saturated carbocycles. The van der Waals surface area contributed by atoms with E-state index < -0.39 is 23.8 Å². The first kappa shape index (κ1) is 13.6. The molecule has 102 valence electrons. The van der Waals surface area contributed by atoms with Crippen LogP contribution < -0.4 is 0 Å². The molecule has 0 aromatic heterocycles. The van der Waals surface area contributed by atoms with Gasteiger partial charge in [0.1, 0.15) is 0 Å². The van der Waals surface area contributed by atoms with Crippen LogP contribution in [-0.4, -0.2) is 22.2 Å². The minimum absolute atomic E-state index is 0.254. The maximum Gasteiger partial charge on any atom is 0.307 e. The number of hydrogen-bond acceptors (Lipinski definition) is 2. The Bertz CT molecular complexity index is 482.